The summed E-state index contributed by atoms with van der Waals surface area (Å²) in [6.45, 7) is 0. The monoisotopic (exact) mass is 679 g/mol. The minimum atomic E-state index is -0.651. The van der Waals surface area contributed by atoms with Crippen LogP contribution >= 0.6 is 0 Å². The van der Waals surface area contributed by atoms with Crippen molar-refractivity contribution in [2.45, 2.75) is 270 Å². The summed E-state index contributed by atoms with van der Waals surface area (Å²) < 4.78 is 0. The Balaban J connectivity index is 3.05. The minimum absolute atomic E-state index is 0.342. The van der Waals surface area contributed by atoms with Gasteiger partial charge in [-0.3, -0.25) is 9.59 Å². The molecule has 0 aromatic rings. The summed E-state index contributed by atoms with van der Waals surface area (Å²) in [6, 6.07) is 0. The highest BCUT2D eigenvalue weighted by Crippen LogP contribution is 2.18. The van der Waals surface area contributed by atoms with Crippen LogP contribution in [0.4, 0.5) is 0 Å². The summed E-state index contributed by atoms with van der Waals surface area (Å²) in [5.41, 5.74) is 0. The summed E-state index contributed by atoms with van der Waals surface area (Å²) >= 11 is 0. The lowest BCUT2D eigenvalue weighted by molar-refractivity contribution is -0.138. The molecule has 0 bridgehead atoms. The third kappa shape index (κ3) is 44.9. The fourth-order valence-corrected chi connectivity index (χ4v) is 7.27. The number of hydrogen-bond donors (Lipinski definition) is 2. The third-order valence-corrected chi connectivity index (χ3v) is 10.5. The molecule has 0 rings (SSSR count). The van der Waals surface area contributed by atoms with Crippen LogP contribution in [0.15, 0.2) is 0 Å². The maximum Gasteiger partial charge on any atom is 0.303 e. The van der Waals surface area contributed by atoms with E-state index in [-0.39, 0.29) is 0 Å². The first kappa shape index (κ1) is 46.9. The van der Waals surface area contributed by atoms with Gasteiger partial charge in [0.15, 0.2) is 0 Å². The zero-order valence-electron chi connectivity index (χ0n) is 32.4. The molecule has 4 heteroatoms. The van der Waals surface area contributed by atoms with E-state index in [2.05, 4.69) is 0 Å². The second-order valence-corrected chi connectivity index (χ2v) is 15.4. The standard InChI is InChI=1S/C44H86O4/c45-43(46)41-39-37-35-33-31-29-27-25-23-21-19-17-15-13-11-9-7-5-3-1-2-4-6-8-10-12-14-16-18-20-22-24-26-28-30-32-34-36-38-40-42-44(47)48/h1-42H2,(H,45,46)(H,47,48). The van der Waals surface area contributed by atoms with Gasteiger partial charge in [0.2, 0.25) is 0 Å². The predicted molar refractivity (Wildman–Crippen MR) is 209 cm³/mol. The van der Waals surface area contributed by atoms with Crippen LogP contribution in [0.2, 0.25) is 0 Å². The summed E-state index contributed by atoms with van der Waals surface area (Å²) in [4.78, 5) is 21.0. The van der Waals surface area contributed by atoms with Crippen LogP contribution in [0.3, 0.4) is 0 Å². The quantitative estimate of drug-likeness (QED) is 0.0629. The second kappa shape index (κ2) is 42.1. The molecule has 48 heavy (non-hydrogen) atoms. The zero-order valence-corrected chi connectivity index (χ0v) is 32.4. The summed E-state index contributed by atoms with van der Waals surface area (Å²) in [6.07, 6.45) is 55.3. The van der Waals surface area contributed by atoms with Gasteiger partial charge in [-0.15, -0.1) is 0 Å². The van der Waals surface area contributed by atoms with Gasteiger partial charge in [-0.1, -0.05) is 244 Å². The van der Waals surface area contributed by atoms with Gasteiger partial charge in [0.1, 0.15) is 0 Å². The van der Waals surface area contributed by atoms with Gasteiger partial charge in [-0.25, -0.2) is 0 Å². The molecule has 0 amide bonds. The molecule has 4 nitrogen and oxygen atoms in total. The van der Waals surface area contributed by atoms with Crippen LogP contribution in [0.5, 0.6) is 0 Å². The molecule has 0 radical (unpaired) electrons. The number of aliphatic carboxylic acids is 2. The van der Waals surface area contributed by atoms with Crippen LogP contribution in [0.25, 0.3) is 0 Å². The Morgan fingerprint density at radius 3 is 0.354 bits per heavy atom. The van der Waals surface area contributed by atoms with E-state index in [1.54, 1.807) is 0 Å². The first-order valence-corrected chi connectivity index (χ1v) is 22.1. The highest BCUT2D eigenvalue weighted by molar-refractivity contribution is 5.66. The Hall–Kier alpha value is -1.06. The molecule has 0 aromatic heterocycles. The number of carboxylic acid groups (broad SMARTS) is 2. The Kier molecular flexibility index (Phi) is 41.2. The Morgan fingerprint density at radius 2 is 0.271 bits per heavy atom. The summed E-state index contributed by atoms with van der Waals surface area (Å²) in [7, 11) is 0. The number of rotatable bonds is 43. The van der Waals surface area contributed by atoms with Crippen LogP contribution < -0.4 is 0 Å². The Bertz CT molecular complexity index is 579. The normalized spacial score (nSPS) is 11.4. The van der Waals surface area contributed by atoms with Gasteiger partial charge in [0.25, 0.3) is 0 Å². The third-order valence-electron chi connectivity index (χ3n) is 10.5. The van der Waals surface area contributed by atoms with Crippen molar-refractivity contribution in [3.05, 3.63) is 0 Å². The Morgan fingerprint density at radius 1 is 0.188 bits per heavy atom. The molecular formula is C44H86O4. The van der Waals surface area contributed by atoms with E-state index < -0.39 is 11.9 Å². The van der Waals surface area contributed by atoms with Crippen LogP contribution in [0.1, 0.15) is 270 Å². The van der Waals surface area contributed by atoms with Gasteiger partial charge in [-0.05, 0) is 12.8 Å². The molecule has 0 saturated carbocycles. The second-order valence-electron chi connectivity index (χ2n) is 15.4. The highest BCUT2D eigenvalue weighted by atomic mass is 16.4. The lowest BCUT2D eigenvalue weighted by Gasteiger charge is -2.05. The first-order chi connectivity index (χ1) is 23.6. The van der Waals surface area contributed by atoms with E-state index in [4.69, 9.17) is 10.2 Å². The SMILES string of the molecule is O=C(O)CCCCCCCCCCCCCCCCCCCCCCCCCCCCCCCCCCCCCCCCCCC(=O)O. The van der Waals surface area contributed by atoms with Crippen molar-refractivity contribution in [3.63, 3.8) is 0 Å². The molecule has 0 atom stereocenters. The van der Waals surface area contributed by atoms with Gasteiger partial charge in [0.05, 0.1) is 0 Å². The number of hydrogen-bond acceptors (Lipinski definition) is 2. The van der Waals surface area contributed by atoms with Gasteiger partial charge in [-0.2, -0.15) is 0 Å². The fourth-order valence-electron chi connectivity index (χ4n) is 7.27. The van der Waals surface area contributed by atoms with Crippen molar-refractivity contribution in [1.82, 2.24) is 0 Å². The molecule has 2 N–H and O–H groups in total. The number of carbonyl (C=O) groups is 2. The molecule has 0 fully saturated rings. The maximum absolute atomic E-state index is 10.5. The van der Waals surface area contributed by atoms with E-state index >= 15 is 0 Å². The fraction of sp³-hybridized carbons (Fsp3) is 0.955. The van der Waals surface area contributed by atoms with Crippen molar-refractivity contribution in [3.8, 4) is 0 Å². The van der Waals surface area contributed by atoms with Crippen molar-refractivity contribution in [1.29, 1.82) is 0 Å². The molecule has 0 heterocycles. The zero-order chi connectivity index (χ0) is 34.9. The summed E-state index contributed by atoms with van der Waals surface area (Å²) in [5, 5.41) is 17.3. The van der Waals surface area contributed by atoms with E-state index in [1.807, 2.05) is 0 Å². The largest absolute Gasteiger partial charge is 0.481 e. The molecule has 0 aromatic carbocycles. The predicted octanol–water partition coefficient (Wildman–Crippen LogP) is 15.5. The van der Waals surface area contributed by atoms with Crippen LogP contribution in [0, 0.1) is 0 Å². The van der Waals surface area contributed by atoms with Crippen LogP contribution in [-0.2, 0) is 9.59 Å². The van der Waals surface area contributed by atoms with Crippen molar-refractivity contribution in [2.75, 3.05) is 0 Å². The minimum Gasteiger partial charge on any atom is -0.481 e. The molecule has 0 saturated heterocycles. The highest BCUT2D eigenvalue weighted by Gasteiger charge is 2.00. The van der Waals surface area contributed by atoms with E-state index in [1.165, 1.54) is 231 Å². The molecule has 0 aliphatic heterocycles. The van der Waals surface area contributed by atoms with Crippen molar-refractivity contribution < 1.29 is 19.8 Å². The summed E-state index contributed by atoms with van der Waals surface area (Å²) in [5.74, 6) is -1.30. The van der Waals surface area contributed by atoms with Gasteiger partial charge >= 0.3 is 11.9 Å². The Labute approximate surface area is 300 Å². The van der Waals surface area contributed by atoms with Crippen LogP contribution in [-0.4, -0.2) is 22.2 Å². The first-order valence-electron chi connectivity index (χ1n) is 22.1. The maximum atomic E-state index is 10.5. The average Bonchev–Trinajstić information content (AvgIpc) is 3.06. The average molecular weight is 679 g/mol. The van der Waals surface area contributed by atoms with Gasteiger partial charge < -0.3 is 10.2 Å². The van der Waals surface area contributed by atoms with Crippen molar-refractivity contribution >= 4 is 11.9 Å². The molecular weight excluding hydrogens is 592 g/mol. The smallest absolute Gasteiger partial charge is 0.303 e. The molecule has 286 valence electrons. The van der Waals surface area contributed by atoms with Crippen molar-refractivity contribution in [2.24, 2.45) is 0 Å². The lowest BCUT2D eigenvalue weighted by atomic mass is 10.0. The van der Waals surface area contributed by atoms with E-state index in [0.717, 1.165) is 25.7 Å². The topological polar surface area (TPSA) is 74.6 Å². The molecule has 0 spiro atoms. The van der Waals surface area contributed by atoms with E-state index in [0.29, 0.717) is 12.8 Å². The lowest BCUT2D eigenvalue weighted by Crippen LogP contribution is -1.93. The molecule has 0 aliphatic rings. The number of unbranched alkanes of at least 4 members (excludes halogenated alkanes) is 39. The van der Waals surface area contributed by atoms with E-state index in [9.17, 15) is 9.59 Å². The molecule has 0 aliphatic carbocycles. The van der Waals surface area contributed by atoms with Gasteiger partial charge in [0, 0.05) is 12.8 Å². The molecule has 0 unspecified atom stereocenters. The number of carboxylic acids is 2.